The standard InChI is InChI=1S/C52H57Cl2N9O8/c1-5-55-48(65)32-45-52-61-59-34(3)63(52)47-19-17-41(31-43(47)50(57-45)36-10-14-38(54)15-11-36)71-28-27-70-26-25-69-24-23-68-22-21-67-20-6-7-39(64)29-44-51-60-58-33(2)62(51)46-18-16-40(66-4)30-42(46)49(56-44)35-8-12-37(53)13-9-35/h8-19,30-31,44-45H,5-7,20-29,32H2,1-4H3,(H,55,65)/t44-,45-/m0/s1. The van der Waals surface area contributed by atoms with Crippen LogP contribution < -0.4 is 14.8 Å². The van der Waals surface area contributed by atoms with E-state index in [0.717, 1.165) is 39.3 Å². The first-order valence-electron chi connectivity index (χ1n) is 23.7. The van der Waals surface area contributed by atoms with E-state index in [-0.39, 0.29) is 24.5 Å². The Morgan fingerprint density at radius 3 is 1.56 bits per heavy atom. The number of carbonyl (C=O) groups is 2. The van der Waals surface area contributed by atoms with Crippen LogP contribution in [0.3, 0.4) is 0 Å². The van der Waals surface area contributed by atoms with Crippen LogP contribution in [0.25, 0.3) is 11.4 Å². The first-order chi connectivity index (χ1) is 34.6. The van der Waals surface area contributed by atoms with Gasteiger partial charge in [-0.3, -0.25) is 28.7 Å². The number of fused-ring (bicyclic) bond motifs is 6. The van der Waals surface area contributed by atoms with Crippen LogP contribution in [0.1, 0.15) is 90.2 Å². The molecule has 1 amide bonds. The molecule has 4 heterocycles. The first-order valence-corrected chi connectivity index (χ1v) is 24.4. The molecule has 0 spiro atoms. The highest BCUT2D eigenvalue weighted by Crippen LogP contribution is 2.37. The fourth-order valence-electron chi connectivity index (χ4n) is 8.43. The van der Waals surface area contributed by atoms with Crippen LogP contribution in [0, 0.1) is 13.8 Å². The van der Waals surface area contributed by atoms with Gasteiger partial charge in [-0.2, -0.15) is 0 Å². The van der Waals surface area contributed by atoms with E-state index >= 15 is 0 Å². The number of ether oxygens (including phenoxy) is 6. The molecule has 2 aliphatic rings. The lowest BCUT2D eigenvalue weighted by Crippen LogP contribution is -2.25. The van der Waals surface area contributed by atoms with Crippen LogP contribution in [0.5, 0.6) is 11.5 Å². The summed E-state index contributed by atoms with van der Waals surface area (Å²) in [6.45, 7) is 9.68. The van der Waals surface area contributed by atoms with Crippen molar-refractivity contribution >= 4 is 46.3 Å². The van der Waals surface area contributed by atoms with E-state index in [1.807, 2.05) is 115 Å². The smallest absolute Gasteiger partial charge is 0.222 e. The molecule has 4 aromatic carbocycles. The summed E-state index contributed by atoms with van der Waals surface area (Å²) in [5, 5.41) is 21.7. The zero-order valence-electron chi connectivity index (χ0n) is 40.2. The number of hydrogen-bond acceptors (Lipinski definition) is 14. The van der Waals surface area contributed by atoms with E-state index < -0.39 is 12.1 Å². The minimum Gasteiger partial charge on any atom is -0.497 e. The number of aliphatic imine (C=N–C) groups is 2. The number of benzene rings is 4. The molecule has 17 nitrogen and oxygen atoms in total. The van der Waals surface area contributed by atoms with Crippen LogP contribution in [-0.2, 0) is 28.5 Å². The van der Waals surface area contributed by atoms with Gasteiger partial charge in [0.25, 0.3) is 0 Å². The third-order valence-corrected chi connectivity index (χ3v) is 12.3. The number of aryl methyl sites for hydroxylation is 2. The summed E-state index contributed by atoms with van der Waals surface area (Å²) in [5.74, 6) is 3.82. The topological polar surface area (TPSA) is 188 Å². The van der Waals surface area contributed by atoms with Crippen molar-refractivity contribution in [3.63, 3.8) is 0 Å². The van der Waals surface area contributed by atoms with Gasteiger partial charge in [-0.05, 0) is 87.9 Å². The quantitative estimate of drug-likeness (QED) is 0.0546. The third-order valence-electron chi connectivity index (χ3n) is 11.8. The van der Waals surface area contributed by atoms with Gasteiger partial charge in [0.1, 0.15) is 47.6 Å². The maximum absolute atomic E-state index is 13.4. The number of ketones is 1. The Hall–Kier alpha value is -6.34. The summed E-state index contributed by atoms with van der Waals surface area (Å²) < 4.78 is 38.5. The van der Waals surface area contributed by atoms with Gasteiger partial charge in [0, 0.05) is 58.3 Å². The number of Topliss-reactive ketones (excluding diaryl/α,β-unsaturated/α-hetero) is 1. The molecule has 372 valence electrons. The lowest BCUT2D eigenvalue weighted by atomic mass is 9.99. The molecule has 2 aromatic heterocycles. The maximum Gasteiger partial charge on any atom is 0.222 e. The van der Waals surface area contributed by atoms with Gasteiger partial charge in [-0.1, -0.05) is 47.5 Å². The number of aromatic nitrogens is 6. The van der Waals surface area contributed by atoms with Crippen molar-refractivity contribution in [1.29, 1.82) is 0 Å². The molecule has 0 radical (unpaired) electrons. The molecule has 1 N–H and O–H groups in total. The van der Waals surface area contributed by atoms with Crippen molar-refractivity contribution in [2.75, 3.05) is 73.1 Å². The highest BCUT2D eigenvalue weighted by Gasteiger charge is 2.32. The molecule has 0 fully saturated rings. The normalized spacial score (nSPS) is 14.8. The molecule has 8 rings (SSSR count). The average Bonchev–Trinajstić information content (AvgIpc) is 3.87. The summed E-state index contributed by atoms with van der Waals surface area (Å²) in [6, 6.07) is 25.4. The van der Waals surface area contributed by atoms with Crippen molar-refractivity contribution in [2.24, 2.45) is 9.98 Å². The summed E-state index contributed by atoms with van der Waals surface area (Å²) in [5.41, 5.74) is 6.46. The van der Waals surface area contributed by atoms with E-state index in [1.165, 1.54) is 0 Å². The summed E-state index contributed by atoms with van der Waals surface area (Å²) in [6.07, 6.45) is 1.18. The van der Waals surface area contributed by atoms with Crippen LogP contribution in [-0.4, -0.2) is 126 Å². The number of methoxy groups -OCH3 is 1. The largest absolute Gasteiger partial charge is 0.497 e. The molecule has 0 aliphatic carbocycles. The van der Waals surface area contributed by atoms with E-state index in [4.69, 9.17) is 61.6 Å². The van der Waals surface area contributed by atoms with E-state index in [1.54, 1.807) is 7.11 Å². The SMILES string of the molecule is CCNC(=O)C[C@@H]1N=C(c2ccc(Cl)cc2)c2cc(OCCOCCOCCOCCOCCCC(=O)C[C@@H]3N=C(c4ccc(Cl)cc4)c4cc(OC)ccc4-n4c(C)nnc43)ccc2-n2c(C)nnc21. The molecule has 2 atom stereocenters. The van der Waals surface area contributed by atoms with Gasteiger partial charge in [0.05, 0.1) is 82.6 Å². The molecule has 0 bridgehead atoms. The Bertz CT molecular complexity index is 2850. The summed E-state index contributed by atoms with van der Waals surface area (Å²) in [7, 11) is 1.63. The number of halogens is 2. The van der Waals surface area contributed by atoms with Crippen molar-refractivity contribution in [1.82, 2.24) is 34.8 Å². The van der Waals surface area contributed by atoms with Crippen molar-refractivity contribution in [3.05, 3.63) is 141 Å². The Morgan fingerprint density at radius 1 is 0.592 bits per heavy atom. The molecule has 0 unspecified atom stereocenters. The van der Waals surface area contributed by atoms with Crippen molar-refractivity contribution in [2.45, 2.75) is 58.5 Å². The number of hydrogen-bond donors (Lipinski definition) is 1. The number of nitrogens with one attached hydrogen (secondary N) is 1. The number of nitrogens with zero attached hydrogens (tertiary/aromatic N) is 8. The van der Waals surface area contributed by atoms with E-state index in [2.05, 4.69) is 25.7 Å². The van der Waals surface area contributed by atoms with Crippen molar-refractivity contribution < 1.29 is 38.0 Å². The zero-order chi connectivity index (χ0) is 49.7. The predicted octanol–water partition coefficient (Wildman–Crippen LogP) is 7.98. The van der Waals surface area contributed by atoms with Crippen LogP contribution in [0.4, 0.5) is 0 Å². The Morgan fingerprint density at radius 2 is 1.06 bits per heavy atom. The molecule has 2 aliphatic heterocycles. The summed E-state index contributed by atoms with van der Waals surface area (Å²) >= 11 is 12.5. The minimum atomic E-state index is -0.568. The molecule has 19 heteroatoms. The lowest BCUT2D eigenvalue weighted by molar-refractivity contribution is -0.121. The fourth-order valence-corrected chi connectivity index (χ4v) is 8.68. The summed E-state index contributed by atoms with van der Waals surface area (Å²) in [4.78, 5) is 36.4. The molecular formula is C52H57Cl2N9O8. The number of rotatable bonds is 25. The molecule has 0 saturated carbocycles. The number of amides is 1. The van der Waals surface area contributed by atoms with E-state index in [0.29, 0.717) is 129 Å². The average molecular weight is 1010 g/mol. The van der Waals surface area contributed by atoms with Gasteiger partial charge < -0.3 is 33.7 Å². The molecule has 71 heavy (non-hydrogen) atoms. The monoisotopic (exact) mass is 1010 g/mol. The fraction of sp³-hybridized carbons (Fsp3) is 0.385. The minimum absolute atomic E-state index is 0.0522. The van der Waals surface area contributed by atoms with Crippen LogP contribution in [0.15, 0.2) is 94.9 Å². The molecule has 0 saturated heterocycles. The van der Waals surface area contributed by atoms with Gasteiger partial charge >= 0.3 is 0 Å². The van der Waals surface area contributed by atoms with Gasteiger partial charge in [0.2, 0.25) is 5.91 Å². The van der Waals surface area contributed by atoms with Crippen LogP contribution >= 0.6 is 23.2 Å². The predicted molar refractivity (Wildman–Crippen MR) is 269 cm³/mol. The Kier molecular flexibility index (Phi) is 17.7. The number of carbonyl (C=O) groups excluding carboxylic acids is 2. The van der Waals surface area contributed by atoms with Crippen molar-refractivity contribution in [3.8, 4) is 22.9 Å². The molecule has 6 aromatic rings. The highest BCUT2D eigenvalue weighted by molar-refractivity contribution is 6.31. The third kappa shape index (κ3) is 12.8. The van der Waals surface area contributed by atoms with E-state index in [9.17, 15) is 9.59 Å². The van der Waals surface area contributed by atoms with Gasteiger partial charge in [-0.15, -0.1) is 20.4 Å². The molecular weight excluding hydrogens is 950 g/mol. The van der Waals surface area contributed by atoms with Gasteiger partial charge in [-0.25, -0.2) is 0 Å². The zero-order valence-corrected chi connectivity index (χ0v) is 41.7. The second-order valence-corrected chi connectivity index (χ2v) is 17.6. The van der Waals surface area contributed by atoms with Gasteiger partial charge in [0.15, 0.2) is 11.6 Å². The first kappa shape index (κ1) is 51.0. The second kappa shape index (κ2) is 24.7. The Labute approximate surface area is 422 Å². The lowest BCUT2D eigenvalue weighted by Gasteiger charge is -2.15. The Balaban J connectivity index is 0.723. The highest BCUT2D eigenvalue weighted by atomic mass is 35.5. The second-order valence-electron chi connectivity index (χ2n) is 16.7. The maximum atomic E-state index is 13.4. The van der Waals surface area contributed by atoms with Crippen LogP contribution in [0.2, 0.25) is 10.0 Å².